The number of aromatic nitrogens is 2. The molecule has 0 saturated carbocycles. The molecule has 2 aromatic rings. The van der Waals surface area contributed by atoms with Crippen molar-refractivity contribution in [3.05, 3.63) is 63.8 Å². The van der Waals surface area contributed by atoms with Gasteiger partial charge in [0, 0.05) is 25.2 Å². The van der Waals surface area contributed by atoms with Gasteiger partial charge in [0.1, 0.15) is 5.69 Å². The zero-order valence-corrected chi connectivity index (χ0v) is 12.6. The summed E-state index contributed by atoms with van der Waals surface area (Å²) in [6, 6.07) is 8.34. The van der Waals surface area contributed by atoms with Crippen LogP contribution in [-0.4, -0.2) is 33.9 Å². The van der Waals surface area contributed by atoms with Crippen LogP contribution in [0.25, 0.3) is 0 Å². The van der Waals surface area contributed by atoms with Gasteiger partial charge in [0.25, 0.3) is 11.5 Å². The van der Waals surface area contributed by atoms with E-state index >= 15 is 0 Å². The molecule has 1 saturated heterocycles. The Morgan fingerprint density at radius 1 is 1.36 bits per heavy atom. The highest BCUT2D eigenvalue weighted by atomic mass is 16.2. The lowest BCUT2D eigenvalue weighted by atomic mass is 9.88. The van der Waals surface area contributed by atoms with Crippen LogP contribution in [0.2, 0.25) is 0 Å². The molecule has 1 aromatic heterocycles. The number of aromatic amines is 1. The summed E-state index contributed by atoms with van der Waals surface area (Å²) < 4.78 is 0. The SMILES string of the molecule is Cc1ccccc1[C@H]1CCCN(C(=O)c2c[nH]c(=O)cn2)C1. The van der Waals surface area contributed by atoms with Gasteiger partial charge in [-0.25, -0.2) is 4.98 Å². The van der Waals surface area contributed by atoms with E-state index in [0.717, 1.165) is 25.6 Å². The second-order valence-corrected chi connectivity index (χ2v) is 5.74. The maximum atomic E-state index is 12.5. The number of rotatable bonds is 2. The third-order valence-electron chi connectivity index (χ3n) is 4.23. The number of hydrogen-bond donors (Lipinski definition) is 1. The number of hydrogen-bond acceptors (Lipinski definition) is 3. The molecule has 1 amide bonds. The van der Waals surface area contributed by atoms with Crippen LogP contribution in [0, 0.1) is 6.92 Å². The summed E-state index contributed by atoms with van der Waals surface area (Å²) in [6.07, 6.45) is 4.61. The first kappa shape index (κ1) is 14.5. The number of amides is 1. The molecule has 1 aliphatic heterocycles. The van der Waals surface area contributed by atoms with E-state index in [1.165, 1.54) is 17.3 Å². The van der Waals surface area contributed by atoms with E-state index in [2.05, 4.69) is 29.0 Å². The van der Waals surface area contributed by atoms with Gasteiger partial charge in [-0.3, -0.25) is 9.59 Å². The van der Waals surface area contributed by atoms with Crippen LogP contribution in [0.4, 0.5) is 0 Å². The van der Waals surface area contributed by atoms with E-state index in [-0.39, 0.29) is 11.5 Å². The number of likely N-dealkylation sites (tertiary alicyclic amines) is 1. The number of benzene rings is 1. The summed E-state index contributed by atoms with van der Waals surface area (Å²) in [5.41, 5.74) is 2.58. The number of carbonyl (C=O) groups is 1. The van der Waals surface area contributed by atoms with Crippen molar-refractivity contribution in [2.45, 2.75) is 25.7 Å². The summed E-state index contributed by atoms with van der Waals surface area (Å²) in [5, 5.41) is 0. The Labute approximate surface area is 129 Å². The molecule has 0 spiro atoms. The molecule has 0 bridgehead atoms. The summed E-state index contributed by atoms with van der Waals surface area (Å²) in [5.74, 6) is 0.246. The van der Waals surface area contributed by atoms with Gasteiger partial charge in [-0.2, -0.15) is 0 Å². The van der Waals surface area contributed by atoms with Crippen LogP contribution in [-0.2, 0) is 0 Å². The zero-order valence-electron chi connectivity index (χ0n) is 12.6. The molecule has 1 atom stereocenters. The van der Waals surface area contributed by atoms with Gasteiger partial charge in [0.15, 0.2) is 0 Å². The first-order chi connectivity index (χ1) is 10.6. The third-order valence-corrected chi connectivity index (χ3v) is 4.23. The smallest absolute Gasteiger partial charge is 0.273 e. The molecule has 1 N–H and O–H groups in total. The van der Waals surface area contributed by atoms with Crippen molar-refractivity contribution in [2.75, 3.05) is 13.1 Å². The van der Waals surface area contributed by atoms with Crippen LogP contribution < -0.4 is 5.56 Å². The highest BCUT2D eigenvalue weighted by Gasteiger charge is 2.26. The Kier molecular flexibility index (Phi) is 4.04. The monoisotopic (exact) mass is 297 g/mol. The normalized spacial score (nSPS) is 18.2. The van der Waals surface area contributed by atoms with Crippen molar-refractivity contribution in [3.8, 4) is 0 Å². The maximum Gasteiger partial charge on any atom is 0.273 e. The molecular weight excluding hydrogens is 278 g/mol. The number of piperidine rings is 1. The lowest BCUT2D eigenvalue weighted by molar-refractivity contribution is 0.0700. The van der Waals surface area contributed by atoms with Crippen molar-refractivity contribution in [1.29, 1.82) is 0 Å². The number of nitrogens with one attached hydrogen (secondary N) is 1. The van der Waals surface area contributed by atoms with Gasteiger partial charge in [0.2, 0.25) is 0 Å². The molecular formula is C17H19N3O2. The standard InChI is InChI=1S/C17H19N3O2/c1-12-5-2-3-7-14(12)13-6-4-8-20(11-13)17(22)15-9-19-16(21)10-18-15/h2-3,5,7,9-10,13H,4,6,8,11H2,1H3,(H,19,21)/t13-/m0/s1. The quantitative estimate of drug-likeness (QED) is 0.923. The molecule has 0 unspecified atom stereocenters. The van der Waals surface area contributed by atoms with Crippen LogP contribution in [0.3, 0.4) is 0 Å². The lowest BCUT2D eigenvalue weighted by Gasteiger charge is -2.33. The number of carbonyl (C=O) groups excluding carboxylic acids is 1. The lowest BCUT2D eigenvalue weighted by Crippen LogP contribution is -2.39. The molecule has 0 radical (unpaired) electrons. The first-order valence-corrected chi connectivity index (χ1v) is 7.54. The Bertz CT molecular complexity index is 718. The molecule has 114 valence electrons. The van der Waals surface area contributed by atoms with Gasteiger partial charge in [-0.05, 0) is 30.9 Å². The molecule has 3 rings (SSSR count). The van der Waals surface area contributed by atoms with Gasteiger partial charge >= 0.3 is 0 Å². The highest BCUT2D eigenvalue weighted by molar-refractivity contribution is 5.92. The summed E-state index contributed by atoms with van der Waals surface area (Å²) in [7, 11) is 0. The maximum absolute atomic E-state index is 12.5. The minimum atomic E-state index is -0.298. The van der Waals surface area contributed by atoms with E-state index in [0.29, 0.717) is 18.2 Å². The third kappa shape index (κ3) is 2.93. The molecule has 5 heteroatoms. The van der Waals surface area contributed by atoms with E-state index in [1.807, 2.05) is 17.0 Å². The minimum Gasteiger partial charge on any atom is -0.337 e. The van der Waals surface area contributed by atoms with Gasteiger partial charge in [0.05, 0.1) is 6.20 Å². The second kappa shape index (κ2) is 6.13. The Hall–Kier alpha value is -2.43. The number of aryl methyl sites for hydroxylation is 1. The van der Waals surface area contributed by atoms with Crippen molar-refractivity contribution in [3.63, 3.8) is 0 Å². The summed E-state index contributed by atoms with van der Waals surface area (Å²) >= 11 is 0. The molecule has 1 aromatic carbocycles. The Morgan fingerprint density at radius 3 is 2.91 bits per heavy atom. The number of nitrogens with zero attached hydrogens (tertiary/aromatic N) is 2. The molecule has 0 aliphatic carbocycles. The molecule has 1 fully saturated rings. The van der Waals surface area contributed by atoms with Crippen LogP contribution in [0.5, 0.6) is 0 Å². The number of H-pyrrole nitrogens is 1. The summed E-state index contributed by atoms with van der Waals surface area (Å²) in [6.45, 7) is 3.55. The van der Waals surface area contributed by atoms with Crippen LogP contribution >= 0.6 is 0 Å². The van der Waals surface area contributed by atoms with E-state index in [9.17, 15) is 9.59 Å². The fourth-order valence-corrected chi connectivity index (χ4v) is 3.08. The van der Waals surface area contributed by atoms with Crippen molar-refractivity contribution in [2.24, 2.45) is 0 Å². The summed E-state index contributed by atoms with van der Waals surface area (Å²) in [4.78, 5) is 31.8. The van der Waals surface area contributed by atoms with Crippen LogP contribution in [0.15, 0.2) is 41.5 Å². The molecule has 2 heterocycles. The van der Waals surface area contributed by atoms with Crippen molar-refractivity contribution >= 4 is 5.91 Å². The molecule has 1 aliphatic rings. The average Bonchev–Trinajstić information content (AvgIpc) is 2.55. The zero-order chi connectivity index (χ0) is 15.5. The Balaban J connectivity index is 1.78. The fraction of sp³-hybridized carbons (Fsp3) is 0.353. The van der Waals surface area contributed by atoms with Crippen LogP contribution in [0.1, 0.15) is 40.4 Å². The van der Waals surface area contributed by atoms with Crippen molar-refractivity contribution < 1.29 is 4.79 Å². The van der Waals surface area contributed by atoms with Crippen molar-refractivity contribution in [1.82, 2.24) is 14.9 Å². The predicted octanol–water partition coefficient (Wildman–Crippen LogP) is 2.10. The largest absolute Gasteiger partial charge is 0.337 e. The molecule has 22 heavy (non-hydrogen) atoms. The minimum absolute atomic E-state index is 0.116. The highest BCUT2D eigenvalue weighted by Crippen LogP contribution is 2.29. The van der Waals surface area contributed by atoms with Gasteiger partial charge in [-0.15, -0.1) is 0 Å². The van der Waals surface area contributed by atoms with Gasteiger partial charge in [-0.1, -0.05) is 24.3 Å². The van der Waals surface area contributed by atoms with Gasteiger partial charge < -0.3 is 9.88 Å². The topological polar surface area (TPSA) is 66.1 Å². The van der Waals surface area contributed by atoms with E-state index in [4.69, 9.17) is 0 Å². The Morgan fingerprint density at radius 2 is 2.18 bits per heavy atom. The predicted molar refractivity (Wildman–Crippen MR) is 83.9 cm³/mol. The first-order valence-electron chi connectivity index (χ1n) is 7.54. The average molecular weight is 297 g/mol. The van der Waals surface area contributed by atoms with E-state index in [1.54, 1.807) is 0 Å². The fourth-order valence-electron chi connectivity index (χ4n) is 3.08. The second-order valence-electron chi connectivity index (χ2n) is 5.74. The van der Waals surface area contributed by atoms with E-state index < -0.39 is 0 Å². The molecule has 5 nitrogen and oxygen atoms in total.